The third-order valence-corrected chi connectivity index (χ3v) is 12.9. The lowest BCUT2D eigenvalue weighted by atomic mass is 10.1. The monoisotopic (exact) mass is 1010 g/mol. The molecule has 406 valence electrons. The minimum absolute atomic E-state index is 0.115. The quantitative estimate of drug-likeness (QED) is 0.0197. The fourth-order valence-electron chi connectivity index (χ4n) is 7.64. The van der Waals surface area contributed by atoms with Crippen molar-refractivity contribution in [2.45, 2.75) is 264 Å². The first-order chi connectivity index (χ1) is 34.2. The molecule has 0 bridgehead atoms. The van der Waals surface area contributed by atoms with Crippen molar-refractivity contribution in [3.05, 3.63) is 60.8 Å². The van der Waals surface area contributed by atoms with Crippen molar-refractivity contribution in [1.29, 1.82) is 0 Å². The first-order valence-electron chi connectivity index (χ1n) is 28.2. The summed E-state index contributed by atoms with van der Waals surface area (Å²) in [7, 11) is -4.75. The molecule has 0 spiro atoms. The molecule has 0 radical (unpaired) electrons. The minimum Gasteiger partial charge on any atom is -0.462 e. The molecule has 2 N–H and O–H groups in total. The molecule has 0 heterocycles. The third kappa shape index (κ3) is 50.1. The van der Waals surface area contributed by atoms with Crippen LogP contribution >= 0.6 is 7.82 Å². The summed E-state index contributed by atoms with van der Waals surface area (Å²) in [5, 5.41) is 9.78. The summed E-state index contributed by atoms with van der Waals surface area (Å²) in [5.41, 5.74) is 0. The Labute approximate surface area is 427 Å². The molecule has 0 aliphatic heterocycles. The van der Waals surface area contributed by atoms with Crippen LogP contribution in [0, 0.1) is 0 Å². The van der Waals surface area contributed by atoms with Crippen LogP contribution in [0.25, 0.3) is 0 Å². The lowest BCUT2D eigenvalue weighted by Gasteiger charge is -2.21. The van der Waals surface area contributed by atoms with Crippen molar-refractivity contribution < 1.29 is 52.2 Å². The molecule has 0 aliphatic rings. The number of rotatable bonds is 52. The zero-order valence-electron chi connectivity index (χ0n) is 44.7. The number of phosphoric ester groups is 1. The summed E-state index contributed by atoms with van der Waals surface area (Å²) in [6.45, 7) is 4.48. The molecule has 0 aromatic heterocycles. The fourth-order valence-corrected chi connectivity index (χ4v) is 8.42. The van der Waals surface area contributed by atoms with Gasteiger partial charge >= 0.3 is 25.7 Å². The second-order valence-corrected chi connectivity index (χ2v) is 20.2. The van der Waals surface area contributed by atoms with Gasteiger partial charge < -0.3 is 24.2 Å². The second-order valence-electron chi connectivity index (χ2n) is 18.7. The molecular formula is C58H103O11P. The molecule has 0 fully saturated rings. The van der Waals surface area contributed by atoms with Crippen LogP contribution in [-0.4, -0.2) is 66.5 Å². The van der Waals surface area contributed by atoms with Gasteiger partial charge in [0.2, 0.25) is 0 Å². The molecule has 3 atom stereocenters. The van der Waals surface area contributed by atoms with E-state index in [0.29, 0.717) is 19.3 Å². The summed E-state index contributed by atoms with van der Waals surface area (Å²) in [5.74, 6) is -1.51. The van der Waals surface area contributed by atoms with Gasteiger partial charge in [-0.3, -0.25) is 23.4 Å². The number of carbonyl (C=O) groups excluding carboxylic acids is 3. The summed E-state index contributed by atoms with van der Waals surface area (Å²) >= 11 is 0. The van der Waals surface area contributed by atoms with Gasteiger partial charge in [0.25, 0.3) is 0 Å². The molecule has 0 saturated heterocycles. The number of unbranched alkanes of at least 4 members (excludes halogenated alkanes) is 25. The smallest absolute Gasteiger partial charge is 0.462 e. The van der Waals surface area contributed by atoms with Crippen molar-refractivity contribution >= 4 is 25.7 Å². The Kier molecular flexibility index (Phi) is 50.4. The third-order valence-electron chi connectivity index (χ3n) is 11.9. The number of esters is 3. The number of hydrogen-bond donors (Lipinski definition) is 2. The summed E-state index contributed by atoms with van der Waals surface area (Å²) < 4.78 is 39.4. The van der Waals surface area contributed by atoms with Crippen LogP contribution in [0.5, 0.6) is 0 Å². The Morgan fingerprint density at radius 1 is 0.414 bits per heavy atom. The van der Waals surface area contributed by atoms with Gasteiger partial charge in [-0.25, -0.2) is 4.57 Å². The molecule has 0 aromatic rings. The van der Waals surface area contributed by atoms with Crippen molar-refractivity contribution in [2.24, 2.45) is 0 Å². The van der Waals surface area contributed by atoms with Crippen LogP contribution in [0.4, 0.5) is 0 Å². The Hall–Kier alpha value is -2.82. The van der Waals surface area contributed by atoms with Gasteiger partial charge in [0, 0.05) is 19.3 Å². The van der Waals surface area contributed by atoms with Gasteiger partial charge in [-0.2, -0.15) is 0 Å². The largest absolute Gasteiger partial charge is 0.472 e. The van der Waals surface area contributed by atoms with Crippen LogP contribution in [0.2, 0.25) is 0 Å². The highest BCUT2D eigenvalue weighted by Gasteiger charge is 2.28. The minimum atomic E-state index is -4.75. The molecule has 0 aliphatic carbocycles. The highest BCUT2D eigenvalue weighted by molar-refractivity contribution is 7.47. The Morgan fingerprint density at radius 2 is 0.743 bits per heavy atom. The fraction of sp³-hybridized carbons (Fsp3) is 0.776. The molecule has 0 saturated carbocycles. The van der Waals surface area contributed by atoms with E-state index in [1.165, 1.54) is 109 Å². The lowest BCUT2D eigenvalue weighted by molar-refractivity contribution is -0.161. The van der Waals surface area contributed by atoms with Crippen LogP contribution in [0.15, 0.2) is 60.8 Å². The van der Waals surface area contributed by atoms with Gasteiger partial charge in [0.05, 0.1) is 19.8 Å². The first kappa shape index (κ1) is 67.2. The van der Waals surface area contributed by atoms with Crippen molar-refractivity contribution in [1.82, 2.24) is 0 Å². The van der Waals surface area contributed by atoms with Crippen molar-refractivity contribution in [3.63, 3.8) is 0 Å². The zero-order valence-corrected chi connectivity index (χ0v) is 45.6. The summed E-state index contributed by atoms with van der Waals surface area (Å²) in [4.78, 5) is 48.4. The van der Waals surface area contributed by atoms with E-state index in [1.807, 2.05) is 0 Å². The van der Waals surface area contributed by atoms with Gasteiger partial charge in [-0.1, -0.05) is 210 Å². The van der Waals surface area contributed by atoms with Gasteiger partial charge in [0.1, 0.15) is 12.7 Å². The molecule has 12 heteroatoms. The number of aliphatic hydroxyl groups is 1. The normalized spacial score (nSPS) is 13.8. The molecule has 70 heavy (non-hydrogen) atoms. The Balaban J connectivity index is 4.78. The maximum absolute atomic E-state index is 12.9. The predicted octanol–water partition coefficient (Wildman–Crippen LogP) is 16.4. The highest BCUT2D eigenvalue weighted by Crippen LogP contribution is 2.43. The van der Waals surface area contributed by atoms with E-state index in [-0.39, 0.29) is 25.9 Å². The maximum Gasteiger partial charge on any atom is 0.472 e. The topological polar surface area (TPSA) is 155 Å². The number of aliphatic hydroxyl groups excluding tert-OH is 1. The highest BCUT2D eigenvalue weighted by atomic mass is 31.2. The van der Waals surface area contributed by atoms with Gasteiger partial charge in [-0.15, -0.1) is 0 Å². The average molecular weight is 1010 g/mol. The number of phosphoric acid groups is 1. The first-order valence-corrected chi connectivity index (χ1v) is 29.7. The van der Waals surface area contributed by atoms with Crippen LogP contribution in [0.3, 0.4) is 0 Å². The maximum atomic E-state index is 12.9. The molecular weight excluding hydrogens is 904 g/mol. The number of hydrogen-bond acceptors (Lipinski definition) is 10. The number of ether oxygens (including phenoxy) is 3. The van der Waals surface area contributed by atoms with Crippen LogP contribution < -0.4 is 0 Å². The Bertz CT molecular complexity index is 1410. The van der Waals surface area contributed by atoms with Gasteiger partial charge in [-0.05, 0) is 83.5 Å². The standard InChI is InChI=1S/C58H103O11P/c1-4-7-10-13-16-19-22-24-26-27-29-30-33-35-38-41-44-47-56(60)65-51-55(69-58(62)49-46-43-40-37-34-31-28-25-23-20-17-14-11-8-5-2)53-67-70(63,64)66-52-54(50-59)68-57(61)48-45-42-39-36-32-21-18-15-12-9-6-3/h8,11,17,20,24-26,28,34,37,54-55,59H,4-7,9-10,12-16,18-19,21-23,27,29-33,35-36,38-53H2,1-3H3,(H,63,64)/b11-8-,20-17-,26-24-,28-25-,37-34-. The Morgan fingerprint density at radius 3 is 1.19 bits per heavy atom. The molecule has 0 aromatic carbocycles. The zero-order chi connectivity index (χ0) is 51.3. The molecule has 0 amide bonds. The average Bonchev–Trinajstić information content (AvgIpc) is 3.35. The van der Waals surface area contributed by atoms with E-state index in [9.17, 15) is 28.9 Å². The van der Waals surface area contributed by atoms with E-state index in [1.54, 1.807) is 0 Å². The lowest BCUT2D eigenvalue weighted by Crippen LogP contribution is -2.30. The SMILES string of the molecule is CC/C=C\C/C=C\C/C=C\C/C=C\CCCCC(=O)OC(COC(=O)CCCCCCCCC/C=C\CCCCCCCC)COP(=O)(O)OCC(CO)OC(=O)CCCCCCCCCCCCC. The number of carbonyl (C=O) groups is 3. The number of allylic oxidation sites excluding steroid dienone is 10. The predicted molar refractivity (Wildman–Crippen MR) is 288 cm³/mol. The van der Waals surface area contributed by atoms with Crippen molar-refractivity contribution in [3.8, 4) is 0 Å². The summed E-state index contributed by atoms with van der Waals surface area (Å²) in [6.07, 6.45) is 56.2. The van der Waals surface area contributed by atoms with Crippen molar-refractivity contribution in [2.75, 3.05) is 26.4 Å². The summed E-state index contributed by atoms with van der Waals surface area (Å²) in [6, 6.07) is 0. The second kappa shape index (κ2) is 52.5. The molecule has 3 unspecified atom stereocenters. The van der Waals surface area contributed by atoms with E-state index in [0.717, 1.165) is 83.5 Å². The van der Waals surface area contributed by atoms with Gasteiger partial charge in [0.15, 0.2) is 6.10 Å². The molecule has 0 rings (SSSR count). The van der Waals surface area contributed by atoms with E-state index in [2.05, 4.69) is 81.5 Å². The molecule has 11 nitrogen and oxygen atoms in total. The van der Waals surface area contributed by atoms with Crippen LogP contribution in [-0.2, 0) is 42.2 Å². The van der Waals surface area contributed by atoms with E-state index < -0.39 is 57.8 Å². The van der Waals surface area contributed by atoms with E-state index >= 15 is 0 Å². The van der Waals surface area contributed by atoms with E-state index in [4.69, 9.17) is 23.3 Å². The van der Waals surface area contributed by atoms with Crippen LogP contribution in [0.1, 0.15) is 252 Å².